The molecule has 0 radical (unpaired) electrons. The first kappa shape index (κ1) is 14.8. The van der Waals surface area contributed by atoms with Gasteiger partial charge in [0, 0.05) is 11.6 Å². The van der Waals surface area contributed by atoms with Crippen LogP contribution in [-0.4, -0.2) is 41.0 Å². The molecule has 0 spiro atoms. The fraction of sp³-hybridized carbons (Fsp3) is 0.429. The monoisotopic (exact) mass is 296 g/mol. The van der Waals surface area contributed by atoms with Crippen LogP contribution >= 0.6 is 11.6 Å². The van der Waals surface area contributed by atoms with Gasteiger partial charge in [-0.1, -0.05) is 23.7 Å². The largest absolute Gasteiger partial charge is 0.480 e. The van der Waals surface area contributed by atoms with Gasteiger partial charge in [0.25, 0.3) is 0 Å². The maximum atomic E-state index is 11.8. The van der Waals surface area contributed by atoms with Crippen LogP contribution < -0.4 is 5.32 Å². The summed E-state index contributed by atoms with van der Waals surface area (Å²) in [7, 11) is 0. The second-order valence-electron chi connectivity index (χ2n) is 4.87. The van der Waals surface area contributed by atoms with Crippen LogP contribution in [0.4, 0.5) is 0 Å². The van der Waals surface area contributed by atoms with Crippen molar-refractivity contribution in [2.75, 3.05) is 13.1 Å². The van der Waals surface area contributed by atoms with Crippen LogP contribution in [0.5, 0.6) is 0 Å². The molecule has 0 unspecified atom stereocenters. The molecule has 1 aliphatic rings. The predicted octanol–water partition coefficient (Wildman–Crippen LogP) is 1.51. The molecule has 20 heavy (non-hydrogen) atoms. The van der Waals surface area contributed by atoms with Gasteiger partial charge in [-0.3, -0.25) is 14.5 Å². The van der Waals surface area contributed by atoms with Crippen LogP contribution in [0.15, 0.2) is 24.3 Å². The summed E-state index contributed by atoms with van der Waals surface area (Å²) in [4.78, 5) is 24.6. The predicted molar refractivity (Wildman–Crippen MR) is 75.5 cm³/mol. The van der Waals surface area contributed by atoms with E-state index in [0.717, 1.165) is 12.0 Å². The van der Waals surface area contributed by atoms with E-state index in [1.807, 2.05) is 12.1 Å². The molecule has 1 aromatic rings. The fourth-order valence-corrected chi connectivity index (χ4v) is 2.60. The van der Waals surface area contributed by atoms with Crippen molar-refractivity contribution in [2.45, 2.75) is 25.4 Å². The minimum absolute atomic E-state index is 0.123. The Labute approximate surface area is 122 Å². The van der Waals surface area contributed by atoms with Crippen LogP contribution in [0.3, 0.4) is 0 Å². The Morgan fingerprint density at radius 2 is 2.25 bits per heavy atom. The average Bonchev–Trinajstić information content (AvgIpc) is 2.85. The number of halogens is 1. The van der Waals surface area contributed by atoms with Crippen molar-refractivity contribution in [3.8, 4) is 0 Å². The first-order valence-electron chi connectivity index (χ1n) is 6.54. The lowest BCUT2D eigenvalue weighted by Crippen LogP contribution is -2.42. The normalized spacial score (nSPS) is 18.9. The molecular formula is C14H17ClN2O3. The van der Waals surface area contributed by atoms with E-state index in [1.165, 1.54) is 0 Å². The highest BCUT2D eigenvalue weighted by atomic mass is 35.5. The molecule has 1 heterocycles. The summed E-state index contributed by atoms with van der Waals surface area (Å²) in [6.45, 7) is 1.17. The Hall–Kier alpha value is -1.59. The quantitative estimate of drug-likeness (QED) is 0.864. The summed E-state index contributed by atoms with van der Waals surface area (Å²) in [6.07, 6.45) is 1.43. The minimum atomic E-state index is -0.856. The topological polar surface area (TPSA) is 69.6 Å². The Kier molecular flexibility index (Phi) is 4.98. The van der Waals surface area contributed by atoms with E-state index in [0.29, 0.717) is 24.5 Å². The highest BCUT2D eigenvalue weighted by molar-refractivity contribution is 6.30. The molecule has 6 heteroatoms. The lowest BCUT2D eigenvalue weighted by Gasteiger charge is -2.20. The van der Waals surface area contributed by atoms with Gasteiger partial charge in [-0.05, 0) is 37.1 Å². The maximum Gasteiger partial charge on any atom is 0.320 e. The van der Waals surface area contributed by atoms with Crippen LogP contribution in [0.1, 0.15) is 18.4 Å². The number of carboxylic acids is 1. The van der Waals surface area contributed by atoms with Crippen molar-refractivity contribution < 1.29 is 14.7 Å². The second-order valence-corrected chi connectivity index (χ2v) is 5.31. The lowest BCUT2D eigenvalue weighted by molar-refractivity contribution is -0.142. The number of rotatable bonds is 5. The lowest BCUT2D eigenvalue weighted by atomic mass is 10.2. The molecule has 0 aromatic heterocycles. The Bertz CT molecular complexity index is 507. The van der Waals surface area contributed by atoms with Gasteiger partial charge >= 0.3 is 5.97 Å². The molecule has 0 aliphatic carbocycles. The molecule has 0 saturated carbocycles. The van der Waals surface area contributed by atoms with Gasteiger partial charge in [0.15, 0.2) is 0 Å². The zero-order valence-electron chi connectivity index (χ0n) is 11.0. The summed E-state index contributed by atoms with van der Waals surface area (Å²) in [5.41, 5.74) is 0.919. The highest BCUT2D eigenvalue weighted by Gasteiger charge is 2.31. The zero-order valence-corrected chi connectivity index (χ0v) is 11.8. The second kappa shape index (κ2) is 6.72. The molecule has 5 nitrogen and oxygen atoms in total. The summed E-state index contributed by atoms with van der Waals surface area (Å²) in [5, 5.41) is 12.5. The number of carbonyl (C=O) groups is 2. The van der Waals surface area contributed by atoms with Crippen molar-refractivity contribution in [3.05, 3.63) is 34.9 Å². The standard InChI is InChI=1S/C14H17ClN2O3/c15-11-4-1-3-10(7-11)8-16-13(18)9-17-6-2-5-12(17)14(19)20/h1,3-4,7,12H,2,5-6,8-9H2,(H,16,18)(H,19,20)/t12-/m1/s1. The minimum Gasteiger partial charge on any atom is -0.480 e. The highest BCUT2D eigenvalue weighted by Crippen LogP contribution is 2.16. The number of nitrogens with zero attached hydrogens (tertiary/aromatic N) is 1. The molecule has 1 aliphatic heterocycles. The van der Waals surface area contributed by atoms with E-state index < -0.39 is 12.0 Å². The first-order chi connectivity index (χ1) is 9.56. The molecule has 1 saturated heterocycles. The number of carbonyl (C=O) groups excluding carboxylic acids is 1. The van der Waals surface area contributed by atoms with E-state index in [1.54, 1.807) is 17.0 Å². The Morgan fingerprint density at radius 1 is 1.45 bits per heavy atom. The molecule has 108 valence electrons. The van der Waals surface area contributed by atoms with Gasteiger partial charge in [-0.2, -0.15) is 0 Å². The summed E-state index contributed by atoms with van der Waals surface area (Å²) >= 11 is 5.87. The van der Waals surface area contributed by atoms with E-state index in [-0.39, 0.29) is 12.5 Å². The molecule has 1 atom stereocenters. The first-order valence-corrected chi connectivity index (χ1v) is 6.92. The van der Waals surface area contributed by atoms with E-state index in [9.17, 15) is 9.59 Å². The number of hydrogen-bond donors (Lipinski definition) is 2. The third-order valence-electron chi connectivity index (χ3n) is 3.37. The molecule has 2 rings (SSSR count). The van der Waals surface area contributed by atoms with Crippen LogP contribution in [0.2, 0.25) is 5.02 Å². The number of likely N-dealkylation sites (tertiary alicyclic amines) is 1. The smallest absolute Gasteiger partial charge is 0.320 e. The average molecular weight is 297 g/mol. The third-order valence-corrected chi connectivity index (χ3v) is 3.61. The van der Waals surface area contributed by atoms with Crippen LogP contribution in [0.25, 0.3) is 0 Å². The van der Waals surface area contributed by atoms with Gasteiger partial charge in [0.05, 0.1) is 6.54 Å². The SMILES string of the molecule is O=C(CN1CCC[C@@H]1C(=O)O)NCc1cccc(Cl)c1. The maximum absolute atomic E-state index is 11.8. The van der Waals surface area contributed by atoms with Gasteiger partial charge in [0.2, 0.25) is 5.91 Å². The van der Waals surface area contributed by atoms with Crippen molar-refractivity contribution in [1.29, 1.82) is 0 Å². The molecule has 2 N–H and O–H groups in total. The third kappa shape index (κ3) is 3.95. The van der Waals surface area contributed by atoms with Crippen molar-refractivity contribution in [1.82, 2.24) is 10.2 Å². The Morgan fingerprint density at radius 3 is 2.95 bits per heavy atom. The summed E-state index contributed by atoms with van der Waals surface area (Å²) in [6, 6.07) is 6.73. The Balaban J connectivity index is 1.82. The van der Waals surface area contributed by atoms with Crippen LogP contribution in [-0.2, 0) is 16.1 Å². The number of amides is 1. The van der Waals surface area contributed by atoms with Gasteiger partial charge in [-0.15, -0.1) is 0 Å². The van der Waals surface area contributed by atoms with E-state index in [4.69, 9.17) is 16.7 Å². The number of aliphatic carboxylic acids is 1. The molecule has 1 fully saturated rings. The van der Waals surface area contributed by atoms with Crippen molar-refractivity contribution >= 4 is 23.5 Å². The number of hydrogen-bond acceptors (Lipinski definition) is 3. The van der Waals surface area contributed by atoms with Gasteiger partial charge < -0.3 is 10.4 Å². The van der Waals surface area contributed by atoms with Crippen molar-refractivity contribution in [3.63, 3.8) is 0 Å². The number of benzene rings is 1. The molecule has 0 bridgehead atoms. The zero-order chi connectivity index (χ0) is 14.5. The summed E-state index contributed by atoms with van der Waals surface area (Å²) in [5.74, 6) is -1.02. The number of carboxylic acid groups (broad SMARTS) is 1. The van der Waals surface area contributed by atoms with Gasteiger partial charge in [-0.25, -0.2) is 0 Å². The summed E-state index contributed by atoms with van der Waals surface area (Å²) < 4.78 is 0. The van der Waals surface area contributed by atoms with Gasteiger partial charge in [0.1, 0.15) is 6.04 Å². The van der Waals surface area contributed by atoms with E-state index >= 15 is 0 Å². The fourth-order valence-electron chi connectivity index (χ4n) is 2.38. The molecule has 1 amide bonds. The molecule has 1 aromatic carbocycles. The van der Waals surface area contributed by atoms with Crippen LogP contribution in [0, 0.1) is 0 Å². The number of nitrogens with one attached hydrogen (secondary N) is 1. The van der Waals surface area contributed by atoms with Crippen molar-refractivity contribution in [2.24, 2.45) is 0 Å². The van der Waals surface area contributed by atoms with E-state index in [2.05, 4.69) is 5.32 Å². The molecular weight excluding hydrogens is 280 g/mol.